The van der Waals surface area contributed by atoms with Gasteiger partial charge in [-0.25, -0.2) is 19.6 Å². The number of ether oxygens (including phenoxy) is 6. The fraction of sp³-hybridized carbons (Fsp3) is 0.708. The number of carbonyl (C=O) groups is 2. The zero-order chi connectivity index (χ0) is 43.0. The van der Waals surface area contributed by atoms with Crippen LogP contribution in [0.5, 0.6) is 11.5 Å². The molecule has 2 N–H and O–H groups in total. The molecule has 0 radical (unpaired) electrons. The summed E-state index contributed by atoms with van der Waals surface area (Å²) in [5.41, 5.74) is -0.216. The molecule has 2 aromatic carbocycles. The highest BCUT2D eigenvalue weighted by Crippen LogP contribution is 2.62. The van der Waals surface area contributed by atoms with Crippen molar-refractivity contribution in [3.05, 3.63) is 59.7 Å². The Morgan fingerprint density at radius 3 is 1.37 bits per heavy atom. The summed E-state index contributed by atoms with van der Waals surface area (Å²) in [5, 5.41) is 5.98. The van der Waals surface area contributed by atoms with E-state index in [2.05, 4.69) is 38.3 Å². The molecule has 62 heavy (non-hydrogen) atoms. The lowest BCUT2D eigenvalue weighted by atomic mass is 9.58. The van der Waals surface area contributed by atoms with Crippen LogP contribution in [-0.4, -0.2) is 72.8 Å². The second-order valence-corrected chi connectivity index (χ2v) is 20.1. The fourth-order valence-electron chi connectivity index (χ4n) is 12.5. The number of carbonyl (C=O) groups excluding carboxylic acids is 2. The minimum atomic E-state index is -0.846. The summed E-state index contributed by atoms with van der Waals surface area (Å²) >= 11 is 0. The van der Waals surface area contributed by atoms with Crippen molar-refractivity contribution in [2.45, 2.75) is 154 Å². The van der Waals surface area contributed by atoms with Gasteiger partial charge in [0.25, 0.3) is 11.8 Å². The van der Waals surface area contributed by atoms with Crippen LogP contribution in [0.1, 0.15) is 126 Å². The Balaban J connectivity index is 0.660. The van der Waals surface area contributed by atoms with Crippen molar-refractivity contribution in [3.63, 3.8) is 0 Å². The normalized spacial score (nSPS) is 43.9. The Morgan fingerprint density at radius 1 is 0.565 bits per heavy atom. The molecule has 8 aliphatic heterocycles. The average Bonchev–Trinajstić information content (AvgIpc) is 3.64. The van der Waals surface area contributed by atoms with Gasteiger partial charge >= 0.3 is 0 Å². The number of hydrogen-bond acceptors (Lipinski definition) is 12. The lowest BCUT2D eigenvalue weighted by molar-refractivity contribution is -0.575. The molecule has 8 heterocycles. The van der Waals surface area contributed by atoms with Gasteiger partial charge in [-0.2, -0.15) is 0 Å². The maximum Gasteiger partial charge on any atom is 0.251 e. The first-order valence-corrected chi connectivity index (χ1v) is 23.3. The van der Waals surface area contributed by atoms with Gasteiger partial charge in [-0.15, -0.1) is 0 Å². The molecule has 2 aliphatic carbocycles. The number of nitrogens with one attached hydrogen (secondary N) is 2. The van der Waals surface area contributed by atoms with Gasteiger partial charge in [0.1, 0.15) is 11.5 Å². The minimum Gasteiger partial charge on any atom is -0.465 e. The number of rotatable bonds is 11. The molecule has 2 spiro atoms. The molecule has 0 aromatic heterocycles. The second-order valence-electron chi connectivity index (χ2n) is 20.1. The molecular weight excluding hydrogens is 797 g/mol. The smallest absolute Gasteiger partial charge is 0.251 e. The SMILES string of the molecule is C[C@@H]1CCC2[C@@H](C)[C@@H](Oc3ccc(C(=O)NCCCCNC(=O)c4ccc(O[C@H]5OC6O[C@]7(C)CCC8[C@H](C)CCC([C@H]5C)[C@@]68OO7)cc4)cc3)OC3O[C@]4(C)CCC1[C@]32OO4. The van der Waals surface area contributed by atoms with Crippen LogP contribution in [-0.2, 0) is 38.5 Å². The van der Waals surface area contributed by atoms with Crippen LogP contribution in [0.25, 0.3) is 0 Å². The van der Waals surface area contributed by atoms with Crippen LogP contribution in [0.2, 0.25) is 0 Å². The minimum absolute atomic E-state index is 0.0381. The number of fused-ring (bicyclic) bond motifs is 4. The molecule has 10 fully saturated rings. The van der Waals surface area contributed by atoms with Crippen LogP contribution in [0.4, 0.5) is 0 Å². The van der Waals surface area contributed by atoms with Gasteiger partial charge < -0.3 is 39.1 Å². The van der Waals surface area contributed by atoms with E-state index in [1.807, 2.05) is 13.8 Å². The lowest BCUT2D eigenvalue weighted by Gasteiger charge is -2.60. The molecule has 14 heteroatoms. The van der Waals surface area contributed by atoms with Gasteiger partial charge in [0.05, 0.1) is 0 Å². The van der Waals surface area contributed by atoms with E-state index in [4.69, 9.17) is 48.0 Å². The Hall–Kier alpha value is -3.34. The first-order chi connectivity index (χ1) is 29.8. The summed E-state index contributed by atoms with van der Waals surface area (Å²) in [7, 11) is 0. The summed E-state index contributed by atoms with van der Waals surface area (Å²) in [6.45, 7) is 13.7. The van der Waals surface area contributed by atoms with Crippen molar-refractivity contribution < 1.29 is 57.6 Å². The van der Waals surface area contributed by atoms with Crippen LogP contribution < -0.4 is 20.1 Å². The molecule has 4 bridgehead atoms. The van der Waals surface area contributed by atoms with Crippen molar-refractivity contribution in [2.75, 3.05) is 13.1 Å². The standard InChI is InChI=1S/C48H64N2O12/c1-27-9-19-37-29(3)41(55-43-47(37)35(27)21-23-45(5,57-43)59-61-47)53-33-15-11-31(12-16-33)39(51)49-25-7-8-26-50-40(52)32-13-17-34(18-14-32)54-42-30(4)38-20-10-28(2)36-22-24-46(6)58-44(56-42)48(36,38)62-60-46/h11-18,27-30,35-38,41-44H,7-10,19-26H2,1-6H3,(H,49,51)(H,50,52)/t27-,28-,29-,30-,35?,36?,37?,38?,41+,42+,43?,44?,45+,46+,47-,48-/m1/s1. The second kappa shape index (κ2) is 16.3. The van der Waals surface area contributed by atoms with E-state index in [0.29, 0.717) is 60.4 Å². The maximum absolute atomic E-state index is 13.0. The van der Waals surface area contributed by atoms with Crippen LogP contribution in [0.15, 0.2) is 48.5 Å². The van der Waals surface area contributed by atoms with E-state index in [1.165, 1.54) is 0 Å². The summed E-state index contributed by atoms with van der Waals surface area (Å²) in [6.07, 6.45) is 6.85. The molecule has 8 saturated heterocycles. The number of amides is 2. The predicted octanol–water partition coefficient (Wildman–Crippen LogP) is 7.80. The number of benzene rings is 2. The van der Waals surface area contributed by atoms with Gasteiger partial charge in [-0.3, -0.25) is 9.59 Å². The fourth-order valence-corrected chi connectivity index (χ4v) is 12.5. The van der Waals surface area contributed by atoms with E-state index < -0.39 is 47.9 Å². The lowest BCUT2D eigenvalue weighted by Crippen LogP contribution is -2.70. The monoisotopic (exact) mass is 860 g/mol. The third-order valence-electron chi connectivity index (χ3n) is 16.1. The first-order valence-electron chi connectivity index (χ1n) is 23.3. The van der Waals surface area contributed by atoms with Crippen LogP contribution >= 0.6 is 0 Å². The van der Waals surface area contributed by atoms with Crippen LogP contribution in [0.3, 0.4) is 0 Å². The Labute approximate surface area is 364 Å². The quantitative estimate of drug-likeness (QED) is 0.168. The van der Waals surface area contributed by atoms with Gasteiger partial charge in [0.15, 0.2) is 23.8 Å². The zero-order valence-electron chi connectivity index (χ0n) is 36.9. The van der Waals surface area contributed by atoms with E-state index in [-0.39, 0.29) is 47.3 Å². The Kier molecular flexibility index (Phi) is 11.2. The molecule has 338 valence electrons. The summed E-state index contributed by atoms with van der Waals surface area (Å²) in [4.78, 5) is 50.3. The van der Waals surface area contributed by atoms with Gasteiger partial charge in [-0.05, 0) is 137 Å². The molecule has 2 aromatic rings. The molecule has 16 atom stereocenters. The summed E-state index contributed by atoms with van der Waals surface area (Å²) < 4.78 is 38.9. The highest BCUT2D eigenvalue weighted by Gasteiger charge is 2.71. The highest BCUT2D eigenvalue weighted by molar-refractivity contribution is 5.94. The third kappa shape index (κ3) is 7.24. The average molecular weight is 861 g/mol. The Morgan fingerprint density at radius 2 is 0.968 bits per heavy atom. The van der Waals surface area contributed by atoms with E-state index in [0.717, 1.165) is 51.4 Å². The van der Waals surface area contributed by atoms with E-state index in [9.17, 15) is 9.59 Å². The zero-order valence-corrected chi connectivity index (χ0v) is 36.9. The summed E-state index contributed by atoms with van der Waals surface area (Å²) in [6, 6.07) is 14.3. The maximum atomic E-state index is 13.0. The molecule has 2 amide bonds. The van der Waals surface area contributed by atoms with Crippen molar-refractivity contribution in [2.24, 2.45) is 47.3 Å². The molecule has 14 nitrogen and oxygen atoms in total. The van der Waals surface area contributed by atoms with Crippen molar-refractivity contribution in [1.82, 2.24) is 10.6 Å². The largest absolute Gasteiger partial charge is 0.465 e. The molecule has 2 saturated carbocycles. The number of hydrogen-bond donors (Lipinski definition) is 2. The Bertz CT molecular complexity index is 1830. The van der Waals surface area contributed by atoms with Crippen molar-refractivity contribution >= 4 is 11.8 Å². The number of unbranched alkanes of at least 4 members (excludes halogenated alkanes) is 1. The van der Waals surface area contributed by atoms with Gasteiger partial charge in [-0.1, -0.05) is 27.7 Å². The van der Waals surface area contributed by atoms with Crippen molar-refractivity contribution in [1.29, 1.82) is 0 Å². The topological polar surface area (TPSA) is 150 Å². The van der Waals surface area contributed by atoms with E-state index in [1.54, 1.807) is 48.5 Å². The summed E-state index contributed by atoms with van der Waals surface area (Å²) in [5.74, 6) is 1.16. The van der Waals surface area contributed by atoms with Crippen molar-refractivity contribution in [3.8, 4) is 11.5 Å². The van der Waals surface area contributed by atoms with Gasteiger partial charge in [0, 0.05) is 60.7 Å². The molecule has 12 rings (SSSR count). The van der Waals surface area contributed by atoms with E-state index >= 15 is 0 Å². The first kappa shape index (κ1) is 42.6. The molecule has 6 unspecified atom stereocenters. The third-order valence-corrected chi connectivity index (χ3v) is 16.1. The molecule has 10 aliphatic rings. The molecular formula is C48H64N2O12. The highest BCUT2D eigenvalue weighted by atomic mass is 17.3. The van der Waals surface area contributed by atoms with Crippen LogP contribution in [0, 0.1) is 47.3 Å². The van der Waals surface area contributed by atoms with Gasteiger partial charge in [0.2, 0.25) is 24.2 Å². The predicted molar refractivity (Wildman–Crippen MR) is 222 cm³/mol.